The molecule has 2 N–H and O–H groups in total. The van der Waals surface area contributed by atoms with Gasteiger partial charge in [-0.2, -0.15) is 0 Å². The number of hydrogen-bond donors (Lipinski definition) is 1. The Morgan fingerprint density at radius 3 is 2.41 bits per heavy atom. The summed E-state index contributed by atoms with van der Waals surface area (Å²) in [5.74, 6) is 6.06. The van der Waals surface area contributed by atoms with Crippen molar-refractivity contribution in [3.05, 3.63) is 30.3 Å². The summed E-state index contributed by atoms with van der Waals surface area (Å²) in [5, 5.41) is 1.48. The lowest BCUT2D eigenvalue weighted by Gasteiger charge is -2.28. The van der Waals surface area contributed by atoms with Crippen LogP contribution in [0.15, 0.2) is 30.3 Å². The van der Waals surface area contributed by atoms with E-state index in [-0.39, 0.29) is 5.97 Å². The van der Waals surface area contributed by atoms with Crippen LogP contribution >= 0.6 is 0 Å². The highest BCUT2D eigenvalue weighted by atomic mass is 16.5. The molecule has 1 atom stereocenters. The maximum Gasteiger partial charge on any atom is 0.330 e. The van der Waals surface area contributed by atoms with Crippen LogP contribution in [0.3, 0.4) is 0 Å². The summed E-state index contributed by atoms with van der Waals surface area (Å²) >= 11 is 0. The van der Waals surface area contributed by atoms with Crippen molar-refractivity contribution >= 4 is 11.7 Å². The fourth-order valence-electron chi connectivity index (χ4n) is 1.69. The van der Waals surface area contributed by atoms with Crippen molar-refractivity contribution in [1.29, 1.82) is 0 Å². The van der Waals surface area contributed by atoms with Crippen LogP contribution in [-0.2, 0) is 9.53 Å². The molecule has 0 aliphatic carbocycles. The first-order chi connectivity index (χ1) is 8.06. The Kier molecular flexibility index (Phi) is 4.97. The van der Waals surface area contributed by atoms with Crippen LogP contribution in [0.2, 0.25) is 0 Å². The lowest BCUT2D eigenvalue weighted by molar-refractivity contribution is -0.142. The second-order valence-electron chi connectivity index (χ2n) is 4.41. The highest BCUT2D eigenvalue weighted by Crippen LogP contribution is 2.18. The quantitative estimate of drug-likeness (QED) is 0.482. The zero-order valence-electron chi connectivity index (χ0n) is 10.6. The molecule has 1 aromatic carbocycles. The van der Waals surface area contributed by atoms with Crippen LogP contribution in [0, 0.1) is 5.92 Å². The number of methoxy groups -OCH3 is 1. The van der Waals surface area contributed by atoms with Gasteiger partial charge in [0.2, 0.25) is 0 Å². The molecule has 0 saturated heterocycles. The largest absolute Gasteiger partial charge is 0.467 e. The van der Waals surface area contributed by atoms with Gasteiger partial charge in [-0.3, -0.25) is 5.01 Å². The Morgan fingerprint density at radius 1 is 1.35 bits per heavy atom. The maximum atomic E-state index is 11.7. The summed E-state index contributed by atoms with van der Waals surface area (Å²) in [7, 11) is 1.38. The zero-order chi connectivity index (χ0) is 12.8. The molecule has 0 spiro atoms. The molecular formula is C13H20N2O2. The van der Waals surface area contributed by atoms with E-state index >= 15 is 0 Å². The number of rotatable bonds is 5. The fourth-order valence-corrected chi connectivity index (χ4v) is 1.69. The summed E-state index contributed by atoms with van der Waals surface area (Å²) < 4.78 is 4.80. The fraction of sp³-hybridized carbons (Fsp3) is 0.462. The smallest absolute Gasteiger partial charge is 0.330 e. The number of carbonyl (C=O) groups excluding carboxylic acids is 1. The Balaban J connectivity index is 2.86. The third-order valence-electron chi connectivity index (χ3n) is 2.56. The van der Waals surface area contributed by atoms with Crippen molar-refractivity contribution in [2.24, 2.45) is 11.8 Å². The minimum atomic E-state index is -0.442. The van der Waals surface area contributed by atoms with E-state index < -0.39 is 6.04 Å². The van der Waals surface area contributed by atoms with E-state index in [0.717, 1.165) is 5.69 Å². The van der Waals surface area contributed by atoms with E-state index in [9.17, 15) is 4.79 Å². The molecule has 0 radical (unpaired) electrons. The molecule has 4 heteroatoms. The number of carbonyl (C=O) groups is 1. The number of nitrogens with two attached hydrogens (primary N) is 1. The van der Waals surface area contributed by atoms with Gasteiger partial charge in [-0.05, 0) is 24.5 Å². The molecule has 0 amide bonds. The number of ether oxygens (including phenoxy) is 1. The van der Waals surface area contributed by atoms with Crippen molar-refractivity contribution < 1.29 is 9.53 Å². The van der Waals surface area contributed by atoms with E-state index in [2.05, 4.69) is 13.8 Å². The van der Waals surface area contributed by atoms with Crippen LogP contribution in [0.25, 0.3) is 0 Å². The Bertz CT molecular complexity index is 352. The average molecular weight is 236 g/mol. The predicted octanol–water partition coefficient (Wildman–Crippen LogP) is 1.95. The van der Waals surface area contributed by atoms with Crippen LogP contribution < -0.4 is 10.9 Å². The minimum absolute atomic E-state index is 0.301. The zero-order valence-corrected chi connectivity index (χ0v) is 10.6. The van der Waals surface area contributed by atoms with E-state index in [0.29, 0.717) is 12.3 Å². The normalized spacial score (nSPS) is 12.3. The monoisotopic (exact) mass is 236 g/mol. The average Bonchev–Trinajstić information content (AvgIpc) is 2.35. The number of benzene rings is 1. The van der Waals surface area contributed by atoms with Gasteiger partial charge < -0.3 is 4.74 Å². The van der Waals surface area contributed by atoms with Gasteiger partial charge in [0.1, 0.15) is 6.04 Å². The lowest BCUT2D eigenvalue weighted by Crippen LogP contribution is -2.47. The second-order valence-corrected chi connectivity index (χ2v) is 4.41. The van der Waals surface area contributed by atoms with Crippen molar-refractivity contribution in [3.8, 4) is 0 Å². The Labute approximate surface area is 102 Å². The van der Waals surface area contributed by atoms with Crippen molar-refractivity contribution in [2.45, 2.75) is 26.3 Å². The van der Waals surface area contributed by atoms with Crippen LogP contribution in [0.4, 0.5) is 5.69 Å². The Morgan fingerprint density at radius 2 is 1.94 bits per heavy atom. The number of hydrogen-bond acceptors (Lipinski definition) is 4. The summed E-state index contributed by atoms with van der Waals surface area (Å²) in [6.45, 7) is 4.10. The number of anilines is 1. The number of nitrogens with zero attached hydrogens (tertiary/aromatic N) is 1. The van der Waals surface area contributed by atoms with Crippen molar-refractivity contribution in [2.75, 3.05) is 12.1 Å². The summed E-state index contributed by atoms with van der Waals surface area (Å²) in [6, 6.07) is 8.99. The molecule has 0 fully saturated rings. The van der Waals surface area contributed by atoms with Gasteiger partial charge in [0.15, 0.2) is 0 Å². The summed E-state index contributed by atoms with van der Waals surface area (Å²) in [4.78, 5) is 11.7. The summed E-state index contributed by atoms with van der Waals surface area (Å²) in [6.07, 6.45) is 0.665. The molecule has 0 aliphatic heterocycles. The minimum Gasteiger partial charge on any atom is -0.467 e. The van der Waals surface area contributed by atoms with Gasteiger partial charge in [0.05, 0.1) is 12.8 Å². The molecule has 4 nitrogen and oxygen atoms in total. The maximum absolute atomic E-state index is 11.7. The molecule has 0 aromatic heterocycles. The highest BCUT2D eigenvalue weighted by molar-refractivity contribution is 5.79. The van der Waals surface area contributed by atoms with Gasteiger partial charge in [0.25, 0.3) is 0 Å². The number of esters is 1. The standard InChI is InChI=1S/C13H20N2O2/c1-10(2)9-12(13(16)17-3)15(14)11-7-5-4-6-8-11/h4-8,10,12H,9,14H2,1-3H3/t12-/m0/s1. The molecule has 0 heterocycles. The van der Waals surface area contributed by atoms with Crippen LogP contribution in [0.5, 0.6) is 0 Å². The second kappa shape index (κ2) is 6.25. The molecular weight excluding hydrogens is 216 g/mol. The van der Waals surface area contributed by atoms with Crippen molar-refractivity contribution in [3.63, 3.8) is 0 Å². The summed E-state index contributed by atoms with van der Waals surface area (Å²) in [5.41, 5.74) is 0.809. The number of para-hydroxylation sites is 1. The first-order valence-electron chi connectivity index (χ1n) is 5.73. The molecule has 0 unspecified atom stereocenters. The molecule has 0 bridgehead atoms. The van der Waals surface area contributed by atoms with Gasteiger partial charge in [0, 0.05) is 0 Å². The molecule has 1 rings (SSSR count). The van der Waals surface area contributed by atoms with Crippen molar-refractivity contribution in [1.82, 2.24) is 0 Å². The molecule has 0 saturated carbocycles. The Hall–Kier alpha value is -1.55. The topological polar surface area (TPSA) is 55.6 Å². The van der Waals surface area contributed by atoms with E-state index in [4.69, 9.17) is 10.6 Å². The molecule has 17 heavy (non-hydrogen) atoms. The lowest BCUT2D eigenvalue weighted by atomic mass is 10.0. The van der Waals surface area contributed by atoms with E-state index in [1.807, 2.05) is 30.3 Å². The highest BCUT2D eigenvalue weighted by Gasteiger charge is 2.25. The van der Waals surface area contributed by atoms with Gasteiger partial charge in [-0.15, -0.1) is 0 Å². The third-order valence-corrected chi connectivity index (χ3v) is 2.56. The van der Waals surface area contributed by atoms with E-state index in [1.54, 1.807) is 0 Å². The van der Waals surface area contributed by atoms with Gasteiger partial charge in [-0.1, -0.05) is 32.0 Å². The van der Waals surface area contributed by atoms with Gasteiger partial charge >= 0.3 is 5.97 Å². The molecule has 0 aliphatic rings. The predicted molar refractivity (Wildman–Crippen MR) is 68.4 cm³/mol. The van der Waals surface area contributed by atoms with E-state index in [1.165, 1.54) is 12.1 Å². The first-order valence-corrected chi connectivity index (χ1v) is 5.73. The molecule has 1 aromatic rings. The first kappa shape index (κ1) is 13.5. The van der Waals surface area contributed by atoms with Crippen LogP contribution in [-0.4, -0.2) is 19.1 Å². The van der Waals surface area contributed by atoms with Crippen LogP contribution in [0.1, 0.15) is 20.3 Å². The van der Waals surface area contributed by atoms with Gasteiger partial charge in [-0.25, -0.2) is 10.6 Å². The molecule has 94 valence electrons. The number of hydrazine groups is 1. The SMILES string of the molecule is COC(=O)[C@H](CC(C)C)N(N)c1ccccc1. The third kappa shape index (κ3) is 3.75.